The van der Waals surface area contributed by atoms with Crippen LogP contribution in [-0.4, -0.2) is 44.8 Å². The maximum atomic E-state index is 11.9. The Hall–Kier alpha value is -3.36. The molecule has 1 heterocycles. The van der Waals surface area contributed by atoms with Crippen LogP contribution in [0.2, 0.25) is 0 Å². The number of benzene rings is 1. The Morgan fingerprint density at radius 1 is 1.12 bits per heavy atom. The van der Waals surface area contributed by atoms with E-state index in [1.807, 2.05) is 52.0 Å². The Kier molecular flexibility index (Phi) is 8.02. The summed E-state index contributed by atoms with van der Waals surface area (Å²) in [5, 5.41) is 15.0. The van der Waals surface area contributed by atoms with Crippen LogP contribution in [0.3, 0.4) is 0 Å². The first kappa shape index (κ1) is 24.9. The summed E-state index contributed by atoms with van der Waals surface area (Å²) < 4.78 is 6.51. The summed E-state index contributed by atoms with van der Waals surface area (Å²) in [5.74, 6) is -1.33. The van der Waals surface area contributed by atoms with E-state index in [4.69, 9.17) is 4.74 Å². The van der Waals surface area contributed by atoms with Crippen molar-refractivity contribution in [2.45, 2.75) is 66.2 Å². The molecule has 1 aromatic heterocycles. The average Bonchev–Trinajstić information content (AvgIpc) is 3.08. The zero-order valence-corrected chi connectivity index (χ0v) is 19.4. The molecule has 2 aromatic rings. The third-order valence-corrected chi connectivity index (χ3v) is 4.62. The van der Waals surface area contributed by atoms with Crippen LogP contribution in [-0.2, 0) is 14.3 Å². The number of carbonyl (C=O) groups is 3. The van der Waals surface area contributed by atoms with Gasteiger partial charge >= 0.3 is 12.1 Å². The molecule has 1 aromatic carbocycles. The summed E-state index contributed by atoms with van der Waals surface area (Å²) in [6.07, 6.45) is 2.32. The molecular weight excluding hydrogens is 412 g/mol. The molecule has 0 bridgehead atoms. The van der Waals surface area contributed by atoms with Crippen molar-refractivity contribution in [3.8, 4) is 11.3 Å². The maximum absolute atomic E-state index is 11.9. The van der Waals surface area contributed by atoms with Crippen molar-refractivity contribution in [1.29, 1.82) is 0 Å². The third-order valence-electron chi connectivity index (χ3n) is 4.62. The Balaban J connectivity index is 1.99. The SMILES string of the molecule is CC(CC(=O)NC(=O)OC(C)C)Nc1ccc(-c2cn(C(C(=O)O)C(C)(C)C)cn2)cc1. The van der Waals surface area contributed by atoms with Gasteiger partial charge < -0.3 is 19.7 Å². The predicted octanol–water partition coefficient (Wildman–Crippen LogP) is 4.07. The van der Waals surface area contributed by atoms with Gasteiger partial charge in [-0.15, -0.1) is 0 Å². The second kappa shape index (κ2) is 10.3. The molecular formula is C23H32N4O5. The molecule has 0 aliphatic heterocycles. The molecule has 3 N–H and O–H groups in total. The van der Waals surface area contributed by atoms with Gasteiger partial charge in [0, 0.05) is 29.9 Å². The molecule has 32 heavy (non-hydrogen) atoms. The number of ether oxygens (including phenoxy) is 1. The summed E-state index contributed by atoms with van der Waals surface area (Å²) in [6, 6.07) is 6.51. The lowest BCUT2D eigenvalue weighted by molar-refractivity contribution is -0.144. The normalized spacial score (nSPS) is 13.3. The standard InChI is InChI=1S/C23H32N4O5/c1-14(2)32-22(31)26-19(28)11-15(3)25-17-9-7-16(8-10-17)18-12-27(13-24-18)20(21(29)30)23(4,5)6/h7-10,12-15,20,25H,11H2,1-6H3,(H,29,30)(H,26,28,31). The molecule has 0 radical (unpaired) electrons. The number of nitrogens with zero attached hydrogens (tertiary/aromatic N) is 2. The highest BCUT2D eigenvalue weighted by molar-refractivity contribution is 5.92. The summed E-state index contributed by atoms with van der Waals surface area (Å²) in [4.78, 5) is 39.5. The van der Waals surface area contributed by atoms with Crippen molar-refractivity contribution in [1.82, 2.24) is 14.9 Å². The number of hydrogen-bond acceptors (Lipinski definition) is 6. The van der Waals surface area contributed by atoms with Gasteiger partial charge in [0.25, 0.3) is 0 Å². The van der Waals surface area contributed by atoms with E-state index in [2.05, 4.69) is 15.6 Å². The van der Waals surface area contributed by atoms with Crippen molar-refractivity contribution in [2.24, 2.45) is 5.41 Å². The van der Waals surface area contributed by atoms with Gasteiger partial charge in [0.05, 0.1) is 18.1 Å². The molecule has 2 amide bonds. The average molecular weight is 445 g/mol. The van der Waals surface area contributed by atoms with Crippen LogP contribution in [0.5, 0.6) is 0 Å². The fourth-order valence-corrected chi connectivity index (χ4v) is 3.33. The quantitative estimate of drug-likeness (QED) is 0.561. The number of imidazole rings is 1. The number of carbonyl (C=O) groups excluding carboxylic acids is 2. The zero-order chi connectivity index (χ0) is 24.1. The van der Waals surface area contributed by atoms with Crippen LogP contribution in [0.1, 0.15) is 54.0 Å². The van der Waals surface area contributed by atoms with Gasteiger partial charge in [0.1, 0.15) is 6.04 Å². The van der Waals surface area contributed by atoms with Crippen molar-refractivity contribution in [3.63, 3.8) is 0 Å². The van der Waals surface area contributed by atoms with E-state index in [9.17, 15) is 19.5 Å². The number of anilines is 1. The van der Waals surface area contributed by atoms with Gasteiger partial charge in [-0.1, -0.05) is 32.9 Å². The fourth-order valence-electron chi connectivity index (χ4n) is 3.33. The molecule has 2 rings (SSSR count). The van der Waals surface area contributed by atoms with E-state index in [1.165, 1.54) is 6.33 Å². The van der Waals surface area contributed by atoms with Crippen LogP contribution in [0.15, 0.2) is 36.8 Å². The summed E-state index contributed by atoms with van der Waals surface area (Å²) >= 11 is 0. The summed E-state index contributed by atoms with van der Waals surface area (Å²) in [7, 11) is 0. The van der Waals surface area contributed by atoms with Crippen LogP contribution in [0, 0.1) is 5.41 Å². The lowest BCUT2D eigenvalue weighted by Gasteiger charge is -2.27. The minimum absolute atomic E-state index is 0.0999. The number of nitrogens with one attached hydrogen (secondary N) is 2. The van der Waals surface area contributed by atoms with Crippen molar-refractivity contribution in [3.05, 3.63) is 36.8 Å². The Morgan fingerprint density at radius 2 is 1.75 bits per heavy atom. The molecule has 0 saturated carbocycles. The van der Waals surface area contributed by atoms with Gasteiger partial charge in [0.2, 0.25) is 5.91 Å². The number of imide groups is 1. The largest absolute Gasteiger partial charge is 0.480 e. The second-order valence-corrected chi connectivity index (χ2v) is 9.14. The minimum atomic E-state index is -0.906. The van der Waals surface area contributed by atoms with Crippen LogP contribution in [0.25, 0.3) is 11.3 Å². The number of aromatic nitrogens is 2. The Bertz CT molecular complexity index is 944. The van der Waals surface area contributed by atoms with E-state index in [0.717, 1.165) is 11.3 Å². The number of amides is 2. The first-order valence-electron chi connectivity index (χ1n) is 10.5. The van der Waals surface area contributed by atoms with E-state index >= 15 is 0 Å². The molecule has 2 unspecified atom stereocenters. The monoisotopic (exact) mass is 444 g/mol. The first-order chi connectivity index (χ1) is 14.9. The smallest absolute Gasteiger partial charge is 0.414 e. The van der Waals surface area contributed by atoms with E-state index in [1.54, 1.807) is 24.6 Å². The summed E-state index contributed by atoms with van der Waals surface area (Å²) in [5.41, 5.74) is 1.85. The number of carboxylic acid groups (broad SMARTS) is 1. The highest BCUT2D eigenvalue weighted by Gasteiger charge is 2.32. The van der Waals surface area contributed by atoms with Gasteiger partial charge in [0.15, 0.2) is 0 Å². The maximum Gasteiger partial charge on any atom is 0.414 e. The van der Waals surface area contributed by atoms with Gasteiger partial charge in [-0.25, -0.2) is 14.6 Å². The molecule has 9 heteroatoms. The molecule has 0 spiro atoms. The van der Waals surface area contributed by atoms with Gasteiger partial charge in [-0.05, 0) is 38.3 Å². The zero-order valence-electron chi connectivity index (χ0n) is 19.4. The Labute approximate surface area is 188 Å². The fraction of sp³-hybridized carbons (Fsp3) is 0.478. The topological polar surface area (TPSA) is 123 Å². The highest BCUT2D eigenvalue weighted by Crippen LogP contribution is 2.32. The van der Waals surface area contributed by atoms with E-state index < -0.39 is 29.4 Å². The Morgan fingerprint density at radius 3 is 2.28 bits per heavy atom. The van der Waals surface area contributed by atoms with E-state index in [0.29, 0.717) is 5.69 Å². The third kappa shape index (κ3) is 7.11. The summed E-state index contributed by atoms with van der Waals surface area (Å²) in [6.45, 7) is 10.9. The lowest BCUT2D eigenvalue weighted by atomic mass is 9.86. The van der Waals surface area contributed by atoms with E-state index in [-0.39, 0.29) is 18.6 Å². The van der Waals surface area contributed by atoms with Crippen LogP contribution in [0.4, 0.5) is 10.5 Å². The minimum Gasteiger partial charge on any atom is -0.480 e. The van der Waals surface area contributed by atoms with Gasteiger partial charge in [-0.3, -0.25) is 10.1 Å². The van der Waals surface area contributed by atoms with Gasteiger partial charge in [-0.2, -0.15) is 0 Å². The molecule has 0 aliphatic rings. The molecule has 0 aliphatic carbocycles. The van der Waals surface area contributed by atoms with Crippen molar-refractivity contribution < 1.29 is 24.2 Å². The first-order valence-corrected chi connectivity index (χ1v) is 10.5. The number of hydrogen-bond donors (Lipinski definition) is 3. The number of aliphatic carboxylic acids is 1. The lowest BCUT2D eigenvalue weighted by Crippen LogP contribution is -2.35. The molecule has 174 valence electrons. The molecule has 0 fully saturated rings. The van der Waals surface area contributed by atoms with Crippen LogP contribution >= 0.6 is 0 Å². The van der Waals surface area contributed by atoms with Crippen molar-refractivity contribution >= 4 is 23.7 Å². The highest BCUT2D eigenvalue weighted by atomic mass is 16.6. The van der Waals surface area contributed by atoms with Crippen molar-refractivity contribution in [2.75, 3.05) is 5.32 Å². The molecule has 0 saturated heterocycles. The number of alkyl carbamates (subject to hydrolysis) is 1. The molecule has 2 atom stereocenters. The number of carboxylic acids is 1. The second-order valence-electron chi connectivity index (χ2n) is 9.14. The number of rotatable bonds is 8. The van der Waals surface area contributed by atoms with Crippen LogP contribution < -0.4 is 10.6 Å². The molecule has 9 nitrogen and oxygen atoms in total. The predicted molar refractivity (Wildman–Crippen MR) is 121 cm³/mol.